The minimum atomic E-state index is -4.82. The van der Waals surface area contributed by atoms with E-state index >= 15 is 0 Å². The van der Waals surface area contributed by atoms with Gasteiger partial charge in [-0.05, 0) is 54.3 Å². The summed E-state index contributed by atoms with van der Waals surface area (Å²) in [5.74, 6) is -1.54. The third-order valence-electron chi connectivity index (χ3n) is 6.40. The number of nitriles is 1. The van der Waals surface area contributed by atoms with Crippen molar-refractivity contribution >= 4 is 17.9 Å². The highest BCUT2D eigenvalue weighted by atomic mass is 19.4. The third-order valence-corrected chi connectivity index (χ3v) is 6.40. The Bertz CT molecular complexity index is 1600. The van der Waals surface area contributed by atoms with Crippen LogP contribution in [0.3, 0.4) is 0 Å². The number of nitrogens with zero attached hydrogens (tertiary/aromatic N) is 4. The molecule has 1 aliphatic rings. The molecule has 190 valence electrons. The predicted molar refractivity (Wildman–Crippen MR) is 131 cm³/mol. The van der Waals surface area contributed by atoms with Crippen molar-refractivity contribution in [2.75, 3.05) is 11.4 Å². The van der Waals surface area contributed by atoms with Gasteiger partial charge in [-0.3, -0.25) is 9.59 Å². The number of aldehydes is 1. The molecule has 0 atom stereocenters. The van der Waals surface area contributed by atoms with Gasteiger partial charge in [0.05, 0.1) is 11.3 Å². The Balaban J connectivity index is 1.60. The van der Waals surface area contributed by atoms with Gasteiger partial charge in [-0.25, -0.2) is 9.07 Å². The zero-order valence-corrected chi connectivity index (χ0v) is 19.7. The van der Waals surface area contributed by atoms with Crippen molar-refractivity contribution in [3.8, 4) is 22.9 Å². The molecule has 0 radical (unpaired) electrons. The zero-order chi connectivity index (χ0) is 27.0. The lowest BCUT2D eigenvalue weighted by atomic mass is 10.00. The van der Waals surface area contributed by atoms with Crippen LogP contribution in [0.25, 0.3) is 16.8 Å². The zero-order valence-electron chi connectivity index (χ0n) is 19.7. The van der Waals surface area contributed by atoms with Gasteiger partial charge in [0.15, 0.2) is 12.0 Å². The number of hydrogen-bond donors (Lipinski definition) is 0. The molecule has 10 heteroatoms. The van der Waals surface area contributed by atoms with Crippen LogP contribution < -0.4 is 4.90 Å². The lowest BCUT2D eigenvalue weighted by molar-refractivity contribution is -0.142. The highest BCUT2D eigenvalue weighted by Crippen LogP contribution is 2.37. The molecule has 0 saturated carbocycles. The molecule has 4 aromatic rings. The van der Waals surface area contributed by atoms with Gasteiger partial charge in [0.25, 0.3) is 5.91 Å². The highest BCUT2D eigenvalue weighted by molar-refractivity contribution is 6.07. The first kappa shape index (κ1) is 24.9. The second-order valence-electron chi connectivity index (χ2n) is 8.67. The molecular weight excluding hydrogens is 500 g/mol. The summed E-state index contributed by atoms with van der Waals surface area (Å²) in [6.45, 7) is 0.155. The number of carbonyl (C=O) groups is 2. The maximum atomic E-state index is 13.9. The molecule has 0 bridgehead atoms. The van der Waals surface area contributed by atoms with E-state index in [2.05, 4.69) is 5.10 Å². The number of halogens is 4. The Hall–Kier alpha value is -4.78. The molecule has 2 heterocycles. The van der Waals surface area contributed by atoms with E-state index in [1.807, 2.05) is 0 Å². The van der Waals surface area contributed by atoms with Crippen LogP contribution >= 0.6 is 0 Å². The number of alkyl halides is 3. The van der Waals surface area contributed by atoms with Crippen LogP contribution in [-0.4, -0.2) is 28.5 Å². The summed E-state index contributed by atoms with van der Waals surface area (Å²) in [5, 5.41) is 12.9. The summed E-state index contributed by atoms with van der Waals surface area (Å²) in [7, 11) is 0. The van der Waals surface area contributed by atoms with Crippen LogP contribution in [0.2, 0.25) is 0 Å². The summed E-state index contributed by atoms with van der Waals surface area (Å²) in [5.41, 5.74) is 0.241. The Morgan fingerprint density at radius 3 is 2.39 bits per heavy atom. The minimum Gasteiger partial charge on any atom is -0.307 e. The Morgan fingerprint density at radius 2 is 1.71 bits per heavy atom. The summed E-state index contributed by atoms with van der Waals surface area (Å²) in [6.07, 6.45) is -3.88. The molecule has 0 unspecified atom stereocenters. The van der Waals surface area contributed by atoms with Crippen molar-refractivity contribution < 1.29 is 27.2 Å². The lowest BCUT2D eigenvalue weighted by Crippen LogP contribution is -2.32. The van der Waals surface area contributed by atoms with Crippen LogP contribution in [-0.2, 0) is 12.6 Å². The van der Waals surface area contributed by atoms with Crippen LogP contribution in [0.4, 0.5) is 23.2 Å². The predicted octanol–water partition coefficient (Wildman–Crippen LogP) is 5.97. The van der Waals surface area contributed by atoms with Crippen LogP contribution in [0.1, 0.15) is 44.1 Å². The summed E-state index contributed by atoms with van der Waals surface area (Å²) in [4.78, 5) is 26.5. The fourth-order valence-corrected chi connectivity index (χ4v) is 4.63. The Morgan fingerprint density at radius 1 is 1.00 bits per heavy atom. The largest absolute Gasteiger partial charge is 0.435 e. The number of benzene rings is 3. The van der Waals surface area contributed by atoms with Crippen molar-refractivity contribution in [3.05, 3.63) is 101 Å². The maximum Gasteiger partial charge on any atom is 0.435 e. The summed E-state index contributed by atoms with van der Waals surface area (Å²) < 4.78 is 56.5. The number of carbonyl (C=O) groups excluding carboxylic acids is 2. The second kappa shape index (κ2) is 9.59. The standard InChI is InChI=1S/C28H18F4N4O2/c29-24-12-11-21(14-19(24)15-33)36-25-23(26(34-36)28(30,31)32)6-3-13-35(27(25)38)20-9-7-17(8-10-20)22-5-2-1-4-18(22)16-37/h1-2,4-5,7-12,14,16H,3,6,13H2. The van der Waals surface area contributed by atoms with Gasteiger partial charge in [-0.2, -0.15) is 23.5 Å². The molecule has 0 saturated heterocycles. The van der Waals surface area contributed by atoms with E-state index in [1.165, 1.54) is 11.0 Å². The van der Waals surface area contributed by atoms with E-state index in [9.17, 15) is 32.4 Å². The summed E-state index contributed by atoms with van der Waals surface area (Å²) >= 11 is 0. The van der Waals surface area contributed by atoms with Crippen LogP contribution in [0, 0.1) is 17.1 Å². The lowest BCUT2D eigenvalue weighted by Gasteiger charge is -2.22. The number of anilines is 1. The molecule has 0 fully saturated rings. The molecular formula is C28H18F4N4O2. The summed E-state index contributed by atoms with van der Waals surface area (Å²) in [6, 6.07) is 18.6. The van der Waals surface area contributed by atoms with Gasteiger partial charge >= 0.3 is 6.18 Å². The first-order valence-electron chi connectivity index (χ1n) is 11.6. The highest BCUT2D eigenvalue weighted by Gasteiger charge is 2.42. The normalized spacial score (nSPS) is 13.6. The van der Waals surface area contributed by atoms with E-state index in [1.54, 1.807) is 54.6 Å². The van der Waals surface area contributed by atoms with Gasteiger partial charge in [-0.15, -0.1) is 0 Å². The van der Waals surface area contributed by atoms with Crippen molar-refractivity contribution in [3.63, 3.8) is 0 Å². The smallest absolute Gasteiger partial charge is 0.307 e. The van der Waals surface area contributed by atoms with E-state index < -0.39 is 23.6 Å². The van der Waals surface area contributed by atoms with Gasteiger partial charge in [0, 0.05) is 23.4 Å². The van der Waals surface area contributed by atoms with Crippen LogP contribution in [0.5, 0.6) is 0 Å². The molecule has 3 aromatic carbocycles. The molecule has 38 heavy (non-hydrogen) atoms. The van der Waals surface area contributed by atoms with Crippen LogP contribution in [0.15, 0.2) is 66.7 Å². The maximum absolute atomic E-state index is 13.9. The minimum absolute atomic E-state index is 0.0364. The van der Waals surface area contributed by atoms with Crippen molar-refractivity contribution in [1.29, 1.82) is 5.26 Å². The topological polar surface area (TPSA) is 79.0 Å². The van der Waals surface area contributed by atoms with Crippen molar-refractivity contribution in [2.24, 2.45) is 0 Å². The average Bonchev–Trinajstić information content (AvgIpc) is 3.23. The fourth-order valence-electron chi connectivity index (χ4n) is 4.63. The van der Waals surface area contributed by atoms with E-state index in [0.717, 1.165) is 28.7 Å². The molecule has 0 spiro atoms. The van der Waals surface area contributed by atoms with Crippen molar-refractivity contribution in [1.82, 2.24) is 9.78 Å². The molecule has 6 nitrogen and oxygen atoms in total. The first-order valence-corrected chi connectivity index (χ1v) is 11.6. The Labute approximate surface area is 214 Å². The SMILES string of the molecule is N#Cc1cc(-n2nc(C(F)(F)F)c3c2C(=O)N(c2ccc(-c4ccccc4C=O)cc2)CCC3)ccc1F. The number of aromatic nitrogens is 2. The van der Waals surface area contributed by atoms with E-state index in [0.29, 0.717) is 16.8 Å². The molecule has 0 aliphatic carbocycles. The van der Waals surface area contributed by atoms with E-state index in [4.69, 9.17) is 0 Å². The van der Waals surface area contributed by atoms with E-state index in [-0.39, 0.29) is 41.9 Å². The molecule has 0 N–H and O–H groups in total. The van der Waals surface area contributed by atoms with Crippen molar-refractivity contribution in [2.45, 2.75) is 19.0 Å². The fraction of sp³-hybridized carbons (Fsp3) is 0.143. The monoisotopic (exact) mass is 518 g/mol. The van der Waals surface area contributed by atoms with Gasteiger partial charge in [0.2, 0.25) is 0 Å². The molecule has 1 aromatic heterocycles. The number of amides is 1. The third kappa shape index (κ3) is 4.32. The average molecular weight is 518 g/mol. The molecule has 1 amide bonds. The number of rotatable bonds is 4. The number of fused-ring (bicyclic) bond motifs is 1. The van der Waals surface area contributed by atoms with Gasteiger partial charge < -0.3 is 4.90 Å². The quantitative estimate of drug-likeness (QED) is 0.246. The Kier molecular flexibility index (Phi) is 6.28. The first-order chi connectivity index (χ1) is 18.2. The van der Waals surface area contributed by atoms with Gasteiger partial charge in [-0.1, -0.05) is 36.4 Å². The van der Waals surface area contributed by atoms with Gasteiger partial charge in [0.1, 0.15) is 17.6 Å². The molecule has 5 rings (SSSR count). The second-order valence-corrected chi connectivity index (χ2v) is 8.67. The number of hydrogen-bond acceptors (Lipinski definition) is 4. The molecule has 1 aliphatic heterocycles.